The third-order valence-corrected chi connectivity index (χ3v) is 8.16. The van der Waals surface area contributed by atoms with Crippen LogP contribution in [0.4, 0.5) is 5.69 Å². The van der Waals surface area contributed by atoms with Crippen molar-refractivity contribution in [3.05, 3.63) is 98.6 Å². The van der Waals surface area contributed by atoms with Gasteiger partial charge in [-0.15, -0.1) is 12.4 Å². The number of non-ortho nitro benzene ring substituents is 1. The molecule has 0 bridgehead atoms. The lowest BCUT2D eigenvalue weighted by atomic mass is 9.84. The summed E-state index contributed by atoms with van der Waals surface area (Å²) in [5, 5.41) is 28.7. The normalized spacial score (nSPS) is 18.1. The predicted molar refractivity (Wildman–Crippen MR) is 167 cm³/mol. The number of nitrogens with zero attached hydrogens (tertiary/aromatic N) is 3. The van der Waals surface area contributed by atoms with Gasteiger partial charge in [0.1, 0.15) is 0 Å². The maximum absolute atomic E-state index is 12.5. The molecule has 1 unspecified atom stereocenters. The zero-order valence-electron chi connectivity index (χ0n) is 24.6. The zero-order valence-corrected chi connectivity index (χ0v) is 25.4. The van der Waals surface area contributed by atoms with E-state index in [0.29, 0.717) is 44.3 Å². The Kier molecular flexibility index (Phi) is 13.3. The first-order chi connectivity index (χ1) is 19.8. The molecule has 1 fully saturated rings. The highest BCUT2D eigenvalue weighted by Crippen LogP contribution is 2.40. The Morgan fingerprint density at radius 3 is 2.23 bits per heavy atom. The maximum atomic E-state index is 12.5. The number of benzene rings is 2. The van der Waals surface area contributed by atoms with E-state index in [1.807, 2.05) is 44.2 Å². The predicted octanol–water partition coefficient (Wildman–Crippen LogP) is 3.70. The van der Waals surface area contributed by atoms with Crippen molar-refractivity contribution in [2.45, 2.75) is 57.5 Å². The smallest absolute Gasteiger partial charge is 0.269 e. The van der Waals surface area contributed by atoms with Crippen molar-refractivity contribution < 1.29 is 25.1 Å². The van der Waals surface area contributed by atoms with Crippen LogP contribution in [0.1, 0.15) is 63.0 Å². The summed E-state index contributed by atoms with van der Waals surface area (Å²) >= 11 is 0. The van der Waals surface area contributed by atoms with Crippen LogP contribution in [-0.4, -0.2) is 64.3 Å². The van der Waals surface area contributed by atoms with Crippen LogP contribution in [0, 0.1) is 10.1 Å². The molecule has 2 aliphatic heterocycles. The molecular weight excluding hydrogens is 574 g/mol. The molecule has 43 heavy (non-hydrogen) atoms. The van der Waals surface area contributed by atoms with Crippen molar-refractivity contribution in [2.75, 3.05) is 26.2 Å². The number of carbonyl (C=O) groups excluding carboxylic acids is 2. The van der Waals surface area contributed by atoms with Gasteiger partial charge in [0.05, 0.1) is 27.8 Å². The van der Waals surface area contributed by atoms with E-state index >= 15 is 0 Å². The summed E-state index contributed by atoms with van der Waals surface area (Å²) in [5.74, 6) is -0.479. The number of nitro benzene ring substituents is 1. The average molecular weight is 616 g/mol. The summed E-state index contributed by atoms with van der Waals surface area (Å²) in [5.41, 5.74) is 3.93. The van der Waals surface area contributed by atoms with Crippen LogP contribution in [0.25, 0.3) is 0 Å². The minimum Gasteiger partial charge on any atom is -0.412 e. The molecule has 0 saturated carbocycles. The monoisotopic (exact) mass is 615 g/mol. The summed E-state index contributed by atoms with van der Waals surface area (Å²) in [6, 6.07) is 16.1. The van der Waals surface area contributed by atoms with Crippen molar-refractivity contribution in [3.8, 4) is 0 Å². The third-order valence-electron chi connectivity index (χ3n) is 8.16. The SMILES string of the molecule is CCC1=C(NC=O)C(c2ccc([N+](=O)[O-])cc2)C(N(C=O)CCCN2CCC(O)(c3ccccc3)CC2)=C(CC)N1.Cl.O. The van der Waals surface area contributed by atoms with Crippen molar-refractivity contribution in [1.82, 2.24) is 20.4 Å². The molecule has 0 spiro atoms. The molecule has 11 nitrogen and oxygen atoms in total. The van der Waals surface area contributed by atoms with Crippen LogP contribution in [-0.2, 0) is 15.2 Å². The fourth-order valence-corrected chi connectivity index (χ4v) is 5.91. The van der Waals surface area contributed by atoms with E-state index in [2.05, 4.69) is 15.5 Å². The summed E-state index contributed by atoms with van der Waals surface area (Å²) < 4.78 is 0. The van der Waals surface area contributed by atoms with Gasteiger partial charge in [-0.2, -0.15) is 0 Å². The van der Waals surface area contributed by atoms with Crippen LogP contribution >= 0.6 is 12.4 Å². The van der Waals surface area contributed by atoms with Crippen molar-refractivity contribution >= 4 is 30.9 Å². The van der Waals surface area contributed by atoms with Crippen molar-refractivity contribution in [1.29, 1.82) is 0 Å². The van der Waals surface area contributed by atoms with Gasteiger partial charge in [-0.25, -0.2) is 0 Å². The lowest BCUT2D eigenvalue weighted by Gasteiger charge is -2.39. The van der Waals surface area contributed by atoms with Gasteiger partial charge in [-0.3, -0.25) is 19.7 Å². The number of halogens is 1. The number of nitrogens with one attached hydrogen (secondary N) is 2. The van der Waals surface area contributed by atoms with E-state index in [1.165, 1.54) is 12.1 Å². The number of hydrogen-bond acceptors (Lipinski definition) is 7. The van der Waals surface area contributed by atoms with E-state index < -0.39 is 16.4 Å². The number of aliphatic hydroxyl groups is 1. The minimum atomic E-state index is -0.815. The number of amides is 2. The van der Waals surface area contributed by atoms with Crippen molar-refractivity contribution in [3.63, 3.8) is 0 Å². The Bertz CT molecular complexity index is 1290. The van der Waals surface area contributed by atoms with Gasteiger partial charge in [-0.05, 0) is 49.8 Å². The molecular formula is C31H42ClN5O6. The molecule has 2 heterocycles. The molecule has 0 aromatic heterocycles. The Hall–Kier alpha value is -3.77. The third kappa shape index (κ3) is 7.99. The maximum Gasteiger partial charge on any atom is 0.269 e. The second kappa shape index (κ2) is 16.2. The second-order valence-electron chi connectivity index (χ2n) is 10.5. The first kappa shape index (κ1) is 35.4. The van der Waals surface area contributed by atoms with Gasteiger partial charge < -0.3 is 31.0 Å². The minimum absolute atomic E-state index is 0. The highest BCUT2D eigenvalue weighted by Gasteiger charge is 2.35. The number of likely N-dealkylation sites (tertiary alicyclic amines) is 1. The molecule has 2 amide bonds. The van der Waals surface area contributed by atoms with Gasteiger partial charge in [0.25, 0.3) is 5.69 Å². The van der Waals surface area contributed by atoms with E-state index in [4.69, 9.17) is 0 Å². The van der Waals surface area contributed by atoms with Crippen molar-refractivity contribution in [2.24, 2.45) is 0 Å². The lowest BCUT2D eigenvalue weighted by Crippen LogP contribution is -2.43. The number of rotatable bonds is 13. The van der Waals surface area contributed by atoms with Gasteiger partial charge in [0.15, 0.2) is 0 Å². The molecule has 0 radical (unpaired) electrons. The molecule has 2 aliphatic rings. The van der Waals surface area contributed by atoms with Gasteiger partial charge >= 0.3 is 0 Å². The number of allylic oxidation sites excluding steroid dienone is 2. The molecule has 0 aliphatic carbocycles. The number of carbonyl (C=O) groups is 2. The fourth-order valence-electron chi connectivity index (χ4n) is 5.91. The Morgan fingerprint density at radius 2 is 1.70 bits per heavy atom. The van der Waals surface area contributed by atoms with E-state index in [9.17, 15) is 24.8 Å². The van der Waals surface area contributed by atoms with E-state index in [-0.39, 0.29) is 23.6 Å². The van der Waals surface area contributed by atoms with E-state index in [1.54, 1.807) is 17.0 Å². The molecule has 5 N–H and O–H groups in total. The molecule has 2 aromatic carbocycles. The van der Waals surface area contributed by atoms with Gasteiger partial charge in [0.2, 0.25) is 12.8 Å². The highest BCUT2D eigenvalue weighted by atomic mass is 35.5. The number of dihydropyridines is 1. The van der Waals surface area contributed by atoms with Crippen LogP contribution in [0.2, 0.25) is 0 Å². The van der Waals surface area contributed by atoms with Crippen LogP contribution in [0.5, 0.6) is 0 Å². The second-order valence-corrected chi connectivity index (χ2v) is 10.5. The molecule has 234 valence electrons. The quantitative estimate of drug-likeness (QED) is 0.176. The standard InChI is InChI=1S/C31H39N5O5.ClH.H2O/c1-3-26-29(32-21-37)28(23-11-13-25(14-12-23)36(40)41)30(27(4-2)33-26)35(22-38)18-8-17-34-19-15-31(39,16-20-34)24-9-6-5-7-10-24;;/h5-7,9-14,21-22,28,33,39H,3-4,8,15-20H2,1-2H3,(H,32,37);1H;1H2. The molecule has 12 heteroatoms. The number of piperidine rings is 1. The first-order valence-corrected chi connectivity index (χ1v) is 14.2. The highest BCUT2D eigenvalue weighted by molar-refractivity contribution is 5.85. The fraction of sp³-hybridized carbons (Fsp3) is 0.419. The summed E-state index contributed by atoms with van der Waals surface area (Å²) in [6.07, 6.45) is 4.72. The first-order valence-electron chi connectivity index (χ1n) is 14.2. The van der Waals surface area contributed by atoms with Crippen LogP contribution in [0.3, 0.4) is 0 Å². The Balaban J connectivity index is 0.00000323. The largest absolute Gasteiger partial charge is 0.412 e. The topological polar surface area (TPSA) is 160 Å². The van der Waals surface area contributed by atoms with Gasteiger partial charge in [-0.1, -0.05) is 56.3 Å². The molecule has 1 saturated heterocycles. The zero-order chi connectivity index (χ0) is 29.4. The average Bonchev–Trinajstić information content (AvgIpc) is 3.00. The van der Waals surface area contributed by atoms with Crippen LogP contribution in [0.15, 0.2) is 77.4 Å². The van der Waals surface area contributed by atoms with Crippen LogP contribution < -0.4 is 10.6 Å². The number of hydrogen-bond donors (Lipinski definition) is 3. The summed E-state index contributed by atoms with van der Waals surface area (Å²) in [4.78, 5) is 39.0. The van der Waals surface area contributed by atoms with Gasteiger partial charge in [0, 0.05) is 43.2 Å². The Morgan fingerprint density at radius 1 is 1.07 bits per heavy atom. The Labute approximate surface area is 258 Å². The molecule has 4 rings (SSSR count). The molecule has 2 aromatic rings. The summed E-state index contributed by atoms with van der Waals surface area (Å²) in [7, 11) is 0. The summed E-state index contributed by atoms with van der Waals surface area (Å²) in [6.45, 7) is 6.74. The number of nitro groups is 1. The molecule has 1 atom stereocenters. The van der Waals surface area contributed by atoms with E-state index in [0.717, 1.165) is 60.7 Å². The lowest BCUT2D eigenvalue weighted by molar-refractivity contribution is -0.384.